The van der Waals surface area contributed by atoms with E-state index in [2.05, 4.69) is 38.8 Å². The average Bonchev–Trinajstić information content (AvgIpc) is 3.62. The number of alkyl halides is 2. The molecule has 0 aromatic carbocycles. The molecule has 11 heteroatoms. The summed E-state index contributed by atoms with van der Waals surface area (Å²) in [5.74, 6) is -1.30. The summed E-state index contributed by atoms with van der Waals surface area (Å²) >= 11 is 1.33. The molecule has 0 radical (unpaired) electrons. The van der Waals surface area contributed by atoms with Crippen LogP contribution in [-0.4, -0.2) is 63.2 Å². The summed E-state index contributed by atoms with van der Waals surface area (Å²) < 4.78 is 34.6. The van der Waals surface area contributed by atoms with E-state index in [0.29, 0.717) is 35.3 Å². The molecule has 1 saturated carbocycles. The summed E-state index contributed by atoms with van der Waals surface area (Å²) in [6, 6.07) is 4.62. The Kier molecular flexibility index (Phi) is 8.61. The maximum Gasteiger partial charge on any atom is 0.348 e. The molecule has 4 heterocycles. The number of fused-ring (bicyclic) bond motifs is 2. The molecule has 3 fully saturated rings. The highest BCUT2D eigenvalue weighted by atomic mass is 32.1. The molecule has 5 rings (SSSR count). The van der Waals surface area contributed by atoms with Crippen LogP contribution in [0.2, 0.25) is 0 Å². The van der Waals surface area contributed by atoms with Crippen molar-refractivity contribution in [2.75, 3.05) is 13.7 Å². The highest BCUT2D eigenvalue weighted by Crippen LogP contribution is 2.43. The molecule has 1 amide bonds. The van der Waals surface area contributed by atoms with E-state index in [1.54, 1.807) is 6.07 Å². The van der Waals surface area contributed by atoms with Crippen molar-refractivity contribution in [1.82, 2.24) is 25.0 Å². The predicted octanol–water partition coefficient (Wildman–Crippen LogP) is 5.80. The number of thiophene rings is 1. The largest absolute Gasteiger partial charge is 0.465 e. The molecule has 40 heavy (non-hydrogen) atoms. The Morgan fingerprint density at radius 2 is 1.77 bits per heavy atom. The second-order valence-electron chi connectivity index (χ2n) is 12.1. The average molecular weight is 578 g/mol. The van der Waals surface area contributed by atoms with Gasteiger partial charge in [0.1, 0.15) is 16.5 Å². The van der Waals surface area contributed by atoms with E-state index in [1.807, 2.05) is 13.0 Å². The quantitative estimate of drug-likeness (QED) is 0.379. The first kappa shape index (κ1) is 29.1. The van der Waals surface area contributed by atoms with Crippen LogP contribution in [0.4, 0.5) is 8.78 Å². The fourth-order valence-corrected chi connectivity index (χ4v) is 7.97. The van der Waals surface area contributed by atoms with E-state index in [4.69, 9.17) is 4.74 Å². The Balaban J connectivity index is 1.27. The van der Waals surface area contributed by atoms with Crippen molar-refractivity contribution < 1.29 is 23.1 Å². The van der Waals surface area contributed by atoms with E-state index in [9.17, 15) is 18.4 Å². The molecule has 2 aromatic heterocycles. The summed E-state index contributed by atoms with van der Waals surface area (Å²) in [5.41, 5.74) is 0. The van der Waals surface area contributed by atoms with Crippen LogP contribution in [0.25, 0.3) is 0 Å². The second-order valence-corrected chi connectivity index (χ2v) is 13.2. The minimum Gasteiger partial charge on any atom is -0.465 e. The third-order valence-electron chi connectivity index (χ3n) is 9.07. The first-order valence-electron chi connectivity index (χ1n) is 14.6. The number of amides is 1. The molecule has 1 aliphatic carbocycles. The van der Waals surface area contributed by atoms with E-state index in [1.165, 1.54) is 18.4 Å². The smallest absolute Gasteiger partial charge is 0.348 e. The molecule has 2 bridgehead atoms. The van der Waals surface area contributed by atoms with Crippen LogP contribution >= 0.6 is 11.3 Å². The first-order chi connectivity index (χ1) is 19.1. The molecular weight excluding hydrogens is 536 g/mol. The second kappa shape index (κ2) is 11.8. The van der Waals surface area contributed by atoms with E-state index < -0.39 is 17.8 Å². The van der Waals surface area contributed by atoms with Crippen LogP contribution in [0.5, 0.6) is 0 Å². The van der Waals surface area contributed by atoms with Gasteiger partial charge in [-0.05, 0) is 64.0 Å². The van der Waals surface area contributed by atoms with Gasteiger partial charge in [-0.2, -0.15) is 0 Å². The van der Waals surface area contributed by atoms with Gasteiger partial charge in [0.05, 0.1) is 13.2 Å². The van der Waals surface area contributed by atoms with Crippen molar-refractivity contribution in [1.29, 1.82) is 0 Å². The lowest BCUT2D eigenvalue weighted by Crippen LogP contribution is -2.45. The van der Waals surface area contributed by atoms with Crippen LogP contribution in [-0.2, 0) is 9.53 Å². The lowest BCUT2D eigenvalue weighted by Gasteiger charge is -2.40. The minimum atomic E-state index is -2.67. The van der Waals surface area contributed by atoms with Gasteiger partial charge >= 0.3 is 5.97 Å². The number of aryl methyl sites for hydroxylation is 1. The van der Waals surface area contributed by atoms with Gasteiger partial charge in [0, 0.05) is 54.2 Å². The molecule has 220 valence electrons. The predicted molar refractivity (Wildman–Crippen MR) is 149 cm³/mol. The van der Waals surface area contributed by atoms with Gasteiger partial charge in [0.15, 0.2) is 0 Å². The highest BCUT2D eigenvalue weighted by Gasteiger charge is 2.43. The molecule has 2 aromatic rings. The molecule has 3 atom stereocenters. The van der Waals surface area contributed by atoms with Crippen molar-refractivity contribution in [3.63, 3.8) is 0 Å². The molecule has 1 N–H and O–H groups in total. The van der Waals surface area contributed by atoms with Gasteiger partial charge in [-0.15, -0.1) is 21.5 Å². The fraction of sp³-hybridized carbons (Fsp3) is 0.724. The highest BCUT2D eigenvalue weighted by molar-refractivity contribution is 7.14. The lowest BCUT2D eigenvalue weighted by molar-refractivity contribution is -0.130. The Morgan fingerprint density at radius 1 is 1.10 bits per heavy atom. The lowest BCUT2D eigenvalue weighted by atomic mass is 9.86. The Morgan fingerprint density at radius 3 is 2.40 bits per heavy atom. The molecule has 2 aliphatic heterocycles. The summed E-state index contributed by atoms with van der Waals surface area (Å²) in [7, 11) is 1.35. The third-order valence-corrected chi connectivity index (χ3v) is 10.2. The zero-order chi connectivity index (χ0) is 28.6. The summed E-state index contributed by atoms with van der Waals surface area (Å²) in [4.78, 5) is 29.3. The number of nitrogens with zero attached hydrogens (tertiary/aromatic N) is 4. The van der Waals surface area contributed by atoms with Crippen molar-refractivity contribution in [3.05, 3.63) is 33.5 Å². The number of aromatic nitrogens is 3. The standard InChI is InChI=1S/C29H41F2N5O3S/c1-17(2)26-34-33-18(3)36(26)22-15-20-5-6-21(16-22)35(20)14-11-23(24-7-8-25(40-24)28(38)39-4)32-27(37)19-9-12-29(30,31)13-10-19/h7-8,17,19-23H,5-6,9-16H2,1-4H3,(H,32,37)/t20?,21?,22?,23-/m0/s1. The van der Waals surface area contributed by atoms with Crippen molar-refractivity contribution in [2.45, 2.75) is 115 Å². The molecule has 3 aliphatic rings. The number of rotatable bonds is 9. The van der Waals surface area contributed by atoms with Crippen LogP contribution in [0.15, 0.2) is 12.1 Å². The monoisotopic (exact) mass is 577 g/mol. The normalized spacial score (nSPS) is 25.7. The van der Waals surface area contributed by atoms with E-state index in [-0.39, 0.29) is 37.6 Å². The number of carbonyl (C=O) groups excluding carboxylic acids is 2. The number of carbonyl (C=O) groups is 2. The van der Waals surface area contributed by atoms with Crippen molar-refractivity contribution >= 4 is 23.2 Å². The Hall–Kier alpha value is -2.40. The minimum absolute atomic E-state index is 0.167. The molecular formula is C29H41F2N5O3S. The number of methoxy groups -OCH3 is 1. The first-order valence-corrected chi connectivity index (χ1v) is 15.4. The number of hydrogen-bond donors (Lipinski definition) is 1. The maximum atomic E-state index is 13.7. The summed E-state index contributed by atoms with van der Waals surface area (Å²) in [5, 5.41) is 12.0. The Bertz CT molecular complexity index is 1190. The van der Waals surface area contributed by atoms with Crippen molar-refractivity contribution in [2.24, 2.45) is 5.92 Å². The number of nitrogens with one attached hydrogen (secondary N) is 1. The van der Waals surface area contributed by atoms with Crippen LogP contribution in [0.1, 0.15) is 116 Å². The maximum absolute atomic E-state index is 13.7. The zero-order valence-corrected chi connectivity index (χ0v) is 24.7. The third kappa shape index (κ3) is 6.10. The molecule has 0 spiro atoms. The fourth-order valence-electron chi connectivity index (χ4n) is 6.96. The summed E-state index contributed by atoms with van der Waals surface area (Å²) in [6.45, 7) is 7.18. The van der Waals surface area contributed by atoms with Crippen LogP contribution < -0.4 is 5.32 Å². The summed E-state index contributed by atoms with van der Waals surface area (Å²) in [6.07, 6.45) is 4.99. The molecule has 2 saturated heterocycles. The SMILES string of the molecule is COC(=O)c1ccc([C@H](CCN2C3CCC2CC(n2c(C)nnc2C(C)C)C3)NC(=O)C2CCC(F)(F)CC2)s1. The van der Waals surface area contributed by atoms with Gasteiger partial charge in [0.2, 0.25) is 11.8 Å². The molecule has 8 nitrogen and oxygen atoms in total. The van der Waals surface area contributed by atoms with Gasteiger partial charge < -0.3 is 14.6 Å². The van der Waals surface area contributed by atoms with Crippen LogP contribution in [0.3, 0.4) is 0 Å². The molecule has 2 unspecified atom stereocenters. The zero-order valence-electron chi connectivity index (χ0n) is 23.9. The van der Waals surface area contributed by atoms with Crippen LogP contribution in [0, 0.1) is 12.8 Å². The number of halogens is 2. The van der Waals surface area contributed by atoms with Gasteiger partial charge in [0.25, 0.3) is 0 Å². The van der Waals surface area contributed by atoms with E-state index in [0.717, 1.165) is 48.8 Å². The topological polar surface area (TPSA) is 89.3 Å². The van der Waals surface area contributed by atoms with E-state index >= 15 is 0 Å². The number of ether oxygens (including phenoxy) is 1. The van der Waals surface area contributed by atoms with Gasteiger partial charge in [-0.1, -0.05) is 13.8 Å². The van der Waals surface area contributed by atoms with Crippen molar-refractivity contribution in [3.8, 4) is 0 Å². The van der Waals surface area contributed by atoms with Gasteiger partial charge in [-0.3, -0.25) is 9.69 Å². The number of hydrogen-bond acceptors (Lipinski definition) is 7. The van der Waals surface area contributed by atoms with Gasteiger partial charge in [-0.25, -0.2) is 13.6 Å². The number of piperidine rings is 1. The number of esters is 1. The Labute approximate surface area is 238 Å².